The highest BCUT2D eigenvalue weighted by molar-refractivity contribution is 7.85. The number of ketones is 1. The fraction of sp³-hybridized carbons (Fsp3) is 0.478. The van der Waals surface area contributed by atoms with E-state index in [-0.39, 0.29) is 37.6 Å². The van der Waals surface area contributed by atoms with Crippen molar-refractivity contribution in [3.8, 4) is 28.6 Å². The molecule has 1 saturated carbocycles. The molecule has 15 nitrogen and oxygen atoms in total. The minimum absolute atomic E-state index is 0.00219. The zero-order valence-electron chi connectivity index (χ0n) is 37.2. The number of likely N-dealkylation sites (tertiary alicyclic amines) is 1. The molecule has 3 heterocycles. The Kier molecular flexibility index (Phi) is 13.6. The first-order valence-corrected chi connectivity index (χ1v) is 23.2. The molecule has 0 radical (unpaired) electrons. The van der Waals surface area contributed by atoms with Gasteiger partial charge in [0.25, 0.3) is 0 Å². The second-order valence-corrected chi connectivity index (χ2v) is 20.7. The summed E-state index contributed by atoms with van der Waals surface area (Å²) >= 11 is 1.44. The largest absolute Gasteiger partial charge is 0.497 e. The molecule has 1 saturated heterocycles. The summed E-state index contributed by atoms with van der Waals surface area (Å²) in [6, 6.07) is 13.9. The molecule has 2 aromatic carbocycles. The van der Waals surface area contributed by atoms with Gasteiger partial charge in [0.2, 0.25) is 11.8 Å². The highest BCUT2D eigenvalue weighted by Gasteiger charge is 2.61. The van der Waals surface area contributed by atoms with Gasteiger partial charge in [-0.15, -0.1) is 17.9 Å². The first-order valence-electron chi connectivity index (χ1n) is 20.9. The maximum Gasteiger partial charge on any atom is 0.409 e. The summed E-state index contributed by atoms with van der Waals surface area (Å²) in [5.41, 5.74) is -1.29. The Morgan fingerprint density at radius 1 is 1.00 bits per heavy atom. The number of Topliss-reactive ketones (excluding diaryl/α,β-unsaturated/α-hetero) is 1. The number of methoxy groups -OCH3 is 1. The number of allylic oxidation sites excluding steroid dienone is 1. The van der Waals surface area contributed by atoms with E-state index in [4.69, 9.17) is 28.4 Å². The molecule has 0 unspecified atom stereocenters. The van der Waals surface area contributed by atoms with Crippen molar-refractivity contribution in [3.05, 3.63) is 72.6 Å². The standard InChI is InChI=1S/C46H57N5O10S2/c1-11-28-23-46(28,42(55)50-63(56,57)61-29-15-13-12-14-16-29)24-38(52)37-20-31(25-51(37)41(54)33(44(4,5)6)21-40(53)60-45(7,8)9)59-39-22-35(36-26-62-43(49-36)47-27(2)3)48-34-19-30(58-10)17-18-32(34)39/h11-19,22,26-28,31,33,37H,1,20-21,23-25H2,2-10H3,(H,47,49)(H,50,55)/t28-,31-,33-,37+,46-/m1/s1. The Hall–Kier alpha value is -5.55. The van der Waals surface area contributed by atoms with Gasteiger partial charge < -0.3 is 28.6 Å². The van der Waals surface area contributed by atoms with Gasteiger partial charge in [0.05, 0.1) is 48.7 Å². The molecule has 0 spiro atoms. The van der Waals surface area contributed by atoms with Crippen LogP contribution in [0.5, 0.6) is 17.2 Å². The van der Waals surface area contributed by atoms with E-state index in [1.54, 1.807) is 64.3 Å². The highest BCUT2D eigenvalue weighted by atomic mass is 32.2. The molecule has 63 heavy (non-hydrogen) atoms. The van der Waals surface area contributed by atoms with E-state index in [0.29, 0.717) is 33.8 Å². The van der Waals surface area contributed by atoms with Crippen molar-refractivity contribution < 1.29 is 46.0 Å². The second-order valence-electron chi connectivity index (χ2n) is 18.5. The van der Waals surface area contributed by atoms with Crippen LogP contribution in [0.4, 0.5) is 5.13 Å². The fourth-order valence-corrected chi connectivity index (χ4v) is 9.50. The lowest BCUT2D eigenvalue weighted by Crippen LogP contribution is -2.49. The molecule has 2 fully saturated rings. The van der Waals surface area contributed by atoms with Crippen molar-refractivity contribution in [1.29, 1.82) is 0 Å². The predicted molar refractivity (Wildman–Crippen MR) is 241 cm³/mol. The summed E-state index contributed by atoms with van der Waals surface area (Å²) in [6.07, 6.45) is 0.324. The van der Waals surface area contributed by atoms with Crippen LogP contribution in [-0.4, -0.2) is 84.3 Å². The number of hydrogen-bond acceptors (Lipinski definition) is 14. The van der Waals surface area contributed by atoms with E-state index in [1.165, 1.54) is 34.4 Å². The number of anilines is 1. The quantitative estimate of drug-likeness (QED) is 0.0782. The lowest BCUT2D eigenvalue weighted by atomic mass is 9.77. The van der Waals surface area contributed by atoms with Gasteiger partial charge in [-0.2, -0.15) is 8.42 Å². The third-order valence-electron chi connectivity index (χ3n) is 11.0. The minimum atomic E-state index is -4.63. The number of nitrogens with one attached hydrogen (secondary N) is 2. The van der Waals surface area contributed by atoms with Crippen molar-refractivity contribution in [3.63, 3.8) is 0 Å². The number of esters is 1. The molecule has 4 aromatic rings. The van der Waals surface area contributed by atoms with Crippen molar-refractivity contribution in [2.45, 2.75) is 105 Å². The van der Waals surface area contributed by atoms with Gasteiger partial charge in [-0.3, -0.25) is 19.2 Å². The van der Waals surface area contributed by atoms with Crippen molar-refractivity contribution in [2.24, 2.45) is 22.7 Å². The number of amides is 2. The van der Waals surface area contributed by atoms with Crippen LogP contribution in [0.25, 0.3) is 22.3 Å². The molecule has 2 amide bonds. The first-order chi connectivity index (χ1) is 29.5. The molecule has 2 aromatic heterocycles. The summed E-state index contributed by atoms with van der Waals surface area (Å²) in [5, 5.41) is 6.59. The smallest absolute Gasteiger partial charge is 0.409 e. The molecule has 0 bridgehead atoms. The third kappa shape index (κ3) is 11.3. The summed E-state index contributed by atoms with van der Waals surface area (Å²) in [7, 11) is -3.07. The van der Waals surface area contributed by atoms with Crippen LogP contribution in [0.1, 0.15) is 81.1 Å². The molecular weight excluding hydrogens is 847 g/mol. The van der Waals surface area contributed by atoms with Gasteiger partial charge in [0, 0.05) is 41.8 Å². The molecule has 17 heteroatoms. The lowest BCUT2D eigenvalue weighted by Gasteiger charge is -2.35. The number of carbonyl (C=O) groups excluding carboxylic acids is 4. The van der Waals surface area contributed by atoms with Gasteiger partial charge >= 0.3 is 16.3 Å². The zero-order valence-corrected chi connectivity index (χ0v) is 38.9. The number of para-hydroxylation sites is 1. The van der Waals surface area contributed by atoms with Gasteiger partial charge in [-0.05, 0) is 76.6 Å². The maximum atomic E-state index is 14.9. The van der Waals surface area contributed by atoms with Crippen LogP contribution in [0.15, 0.2) is 72.6 Å². The Morgan fingerprint density at radius 2 is 1.71 bits per heavy atom. The number of ether oxygens (including phenoxy) is 3. The number of nitrogens with zero attached hydrogens (tertiary/aromatic N) is 3. The molecule has 1 aliphatic heterocycles. The minimum Gasteiger partial charge on any atom is -0.497 e. The molecule has 1 aliphatic carbocycles. The first kappa shape index (κ1) is 46.9. The average molecular weight is 904 g/mol. The summed E-state index contributed by atoms with van der Waals surface area (Å²) in [4.78, 5) is 67.9. The SMILES string of the molecule is C=C[C@@H]1C[C@]1(CC(=O)[C@@H]1C[C@@H](Oc2cc(-c3csc(NC(C)C)n3)nc3cc(OC)ccc23)CN1C(=O)[C@@H](CC(=O)OC(C)(C)C)C(C)(C)C)C(=O)NS(=O)(=O)Oc1ccccc1. The fourth-order valence-electron chi connectivity index (χ4n) is 7.82. The van der Waals surface area contributed by atoms with Crippen LogP contribution in [-0.2, 0) is 34.2 Å². The zero-order chi connectivity index (χ0) is 46.1. The highest BCUT2D eigenvalue weighted by Crippen LogP contribution is 2.57. The summed E-state index contributed by atoms with van der Waals surface area (Å²) in [5.74, 6) is -2.83. The molecule has 5 atom stereocenters. The topological polar surface area (TPSA) is 192 Å². The predicted octanol–water partition coefficient (Wildman–Crippen LogP) is 7.52. The van der Waals surface area contributed by atoms with E-state index in [0.717, 1.165) is 5.13 Å². The Bertz CT molecular complexity index is 2480. The average Bonchev–Trinajstić information content (AvgIpc) is 3.45. The van der Waals surface area contributed by atoms with Crippen molar-refractivity contribution in [2.75, 3.05) is 19.0 Å². The maximum absolute atomic E-state index is 14.9. The number of hydrogen-bond donors (Lipinski definition) is 2. The number of thiazole rings is 1. The van der Waals surface area contributed by atoms with Crippen molar-refractivity contribution >= 4 is 61.2 Å². The number of pyridine rings is 1. The van der Waals surface area contributed by atoms with Crippen LogP contribution in [0.3, 0.4) is 0 Å². The van der Waals surface area contributed by atoms with Crippen LogP contribution >= 0.6 is 11.3 Å². The Labute approximate surface area is 373 Å². The second kappa shape index (κ2) is 18.3. The van der Waals surface area contributed by atoms with E-state index >= 15 is 0 Å². The van der Waals surface area contributed by atoms with E-state index in [1.807, 2.05) is 50.8 Å². The van der Waals surface area contributed by atoms with Crippen LogP contribution < -0.4 is 23.7 Å². The molecule has 2 aliphatic rings. The van der Waals surface area contributed by atoms with E-state index < -0.39 is 80.7 Å². The Balaban J connectivity index is 1.34. The third-order valence-corrected chi connectivity index (χ3v) is 12.7. The van der Waals surface area contributed by atoms with Crippen molar-refractivity contribution in [1.82, 2.24) is 19.6 Å². The van der Waals surface area contributed by atoms with Crippen LogP contribution in [0, 0.1) is 22.7 Å². The van der Waals surface area contributed by atoms with Gasteiger partial charge in [0.15, 0.2) is 10.9 Å². The van der Waals surface area contributed by atoms with Gasteiger partial charge in [-0.1, -0.05) is 45.0 Å². The van der Waals surface area contributed by atoms with Gasteiger partial charge in [-0.25, -0.2) is 14.7 Å². The number of benzene rings is 2. The number of aromatic nitrogens is 2. The summed E-state index contributed by atoms with van der Waals surface area (Å²) in [6.45, 7) is 18.6. The van der Waals surface area contributed by atoms with E-state index in [9.17, 15) is 27.6 Å². The van der Waals surface area contributed by atoms with E-state index in [2.05, 4.69) is 11.9 Å². The number of rotatable bonds is 17. The van der Waals surface area contributed by atoms with Crippen LogP contribution in [0.2, 0.25) is 0 Å². The normalized spacial score (nSPS) is 20.5. The summed E-state index contributed by atoms with van der Waals surface area (Å²) < 4.78 is 51.1. The molecule has 6 rings (SSSR count). The lowest BCUT2D eigenvalue weighted by molar-refractivity contribution is -0.161. The molecular formula is C46H57N5O10S2. The molecule has 338 valence electrons. The Morgan fingerprint density at radius 3 is 2.33 bits per heavy atom. The molecule has 2 N–H and O–H groups in total. The monoisotopic (exact) mass is 903 g/mol. The number of fused-ring (bicyclic) bond motifs is 1. The number of carbonyl (C=O) groups is 4. The van der Waals surface area contributed by atoms with Gasteiger partial charge in [0.1, 0.15) is 34.6 Å².